The summed E-state index contributed by atoms with van der Waals surface area (Å²) >= 11 is 0. The zero-order valence-electron chi connectivity index (χ0n) is 24.4. The molecular weight excluding hydrogens is 595 g/mol. The first kappa shape index (κ1) is 31.8. The number of carboxylic acid groups (broad SMARTS) is 1. The van der Waals surface area contributed by atoms with Crippen LogP contribution in [-0.2, 0) is 23.4 Å². The van der Waals surface area contributed by atoms with E-state index in [0.717, 1.165) is 11.6 Å². The number of non-ortho nitro benzene ring substituents is 1. The SMILES string of the molecule is COc1cc(CC(=O)O)ccc1OC1CCN(CC(O)(c2cn(Cc3ccccc3)c3ccc([N+](=O)[O-])cc23)C(F)(F)F)CC1. The fourth-order valence-electron chi connectivity index (χ4n) is 5.75. The summed E-state index contributed by atoms with van der Waals surface area (Å²) in [5, 5.41) is 32.0. The highest BCUT2D eigenvalue weighted by molar-refractivity contribution is 5.87. The second-order valence-corrected chi connectivity index (χ2v) is 11.1. The highest BCUT2D eigenvalue weighted by Crippen LogP contribution is 2.44. The van der Waals surface area contributed by atoms with Crippen LogP contribution in [0.1, 0.15) is 29.5 Å². The quantitative estimate of drug-likeness (QED) is 0.164. The molecule has 1 atom stereocenters. The van der Waals surface area contributed by atoms with E-state index in [0.29, 0.717) is 35.4 Å². The number of aromatic nitrogens is 1. The van der Waals surface area contributed by atoms with Crippen molar-refractivity contribution in [2.45, 2.75) is 43.7 Å². The molecule has 0 aliphatic carbocycles. The third-order valence-electron chi connectivity index (χ3n) is 8.05. The van der Waals surface area contributed by atoms with Crippen LogP contribution in [0, 0.1) is 10.1 Å². The molecule has 4 aromatic rings. The number of hydrogen-bond acceptors (Lipinski definition) is 7. The van der Waals surface area contributed by atoms with Gasteiger partial charge in [-0.15, -0.1) is 0 Å². The standard InChI is InChI=1S/C32H32F3N3O7/c1-44-29-15-22(16-30(39)40)7-10-28(29)45-24-11-13-36(14-12-24)20-31(41,32(33,34)35)26-19-37(18-21-5-3-2-4-6-21)27-9-8-23(38(42)43)17-25(26)27/h2-10,15,17,19,24,41H,11-14,16,18,20H2,1H3,(H,39,40). The molecule has 1 unspecified atom stereocenters. The number of rotatable bonds is 11. The number of nitro benzene ring substituents is 1. The number of carboxylic acids is 1. The van der Waals surface area contributed by atoms with Crippen molar-refractivity contribution in [1.82, 2.24) is 9.47 Å². The smallest absolute Gasteiger partial charge is 0.422 e. The van der Waals surface area contributed by atoms with E-state index in [1.54, 1.807) is 34.9 Å². The van der Waals surface area contributed by atoms with Gasteiger partial charge in [0.25, 0.3) is 5.69 Å². The number of methoxy groups -OCH3 is 1. The molecule has 1 saturated heterocycles. The Morgan fingerprint density at radius 1 is 1.02 bits per heavy atom. The van der Waals surface area contributed by atoms with Crippen LogP contribution < -0.4 is 9.47 Å². The normalized spacial score (nSPS) is 15.9. The molecule has 1 aliphatic heterocycles. The highest BCUT2D eigenvalue weighted by atomic mass is 19.4. The number of alkyl halides is 3. The van der Waals surface area contributed by atoms with Gasteiger partial charge in [0.1, 0.15) is 6.10 Å². The first-order valence-corrected chi connectivity index (χ1v) is 14.3. The van der Waals surface area contributed by atoms with E-state index in [2.05, 4.69) is 0 Å². The summed E-state index contributed by atoms with van der Waals surface area (Å²) in [4.78, 5) is 23.4. The van der Waals surface area contributed by atoms with Crippen molar-refractivity contribution in [3.8, 4) is 11.5 Å². The summed E-state index contributed by atoms with van der Waals surface area (Å²) in [6.07, 6.45) is -3.68. The number of nitro groups is 1. The number of nitrogens with zero attached hydrogens (tertiary/aromatic N) is 3. The van der Waals surface area contributed by atoms with Crippen LogP contribution >= 0.6 is 0 Å². The van der Waals surface area contributed by atoms with Crippen LogP contribution in [0.4, 0.5) is 18.9 Å². The van der Waals surface area contributed by atoms with Crippen molar-refractivity contribution in [3.63, 3.8) is 0 Å². The topological polar surface area (TPSA) is 127 Å². The Morgan fingerprint density at radius 3 is 2.36 bits per heavy atom. The van der Waals surface area contributed by atoms with Gasteiger partial charge in [-0.3, -0.25) is 19.8 Å². The number of fused-ring (bicyclic) bond motifs is 1. The van der Waals surface area contributed by atoms with Gasteiger partial charge in [0.15, 0.2) is 11.5 Å². The zero-order chi connectivity index (χ0) is 32.4. The van der Waals surface area contributed by atoms with Gasteiger partial charge in [-0.25, -0.2) is 0 Å². The maximum absolute atomic E-state index is 14.8. The van der Waals surface area contributed by atoms with E-state index in [4.69, 9.17) is 14.6 Å². The maximum Gasteiger partial charge on any atom is 0.422 e. The maximum atomic E-state index is 14.8. The molecular formula is C32H32F3N3O7. The van der Waals surface area contributed by atoms with E-state index >= 15 is 0 Å². The van der Waals surface area contributed by atoms with E-state index in [9.17, 15) is 33.2 Å². The molecule has 10 nitrogen and oxygen atoms in total. The first-order chi connectivity index (χ1) is 21.4. The zero-order valence-corrected chi connectivity index (χ0v) is 24.4. The number of benzene rings is 3. The molecule has 0 radical (unpaired) electrons. The molecule has 45 heavy (non-hydrogen) atoms. The van der Waals surface area contributed by atoms with Crippen LogP contribution in [0.25, 0.3) is 10.9 Å². The van der Waals surface area contributed by atoms with Crippen LogP contribution in [0.5, 0.6) is 11.5 Å². The summed E-state index contributed by atoms with van der Waals surface area (Å²) in [7, 11) is 1.43. The predicted molar refractivity (Wildman–Crippen MR) is 159 cm³/mol. The number of likely N-dealkylation sites (tertiary alicyclic amines) is 1. The Bertz CT molecular complexity index is 1680. The minimum Gasteiger partial charge on any atom is -0.493 e. The molecule has 2 N–H and O–H groups in total. The van der Waals surface area contributed by atoms with Crippen molar-refractivity contribution in [2.75, 3.05) is 26.7 Å². The summed E-state index contributed by atoms with van der Waals surface area (Å²) < 4.78 is 57.5. The van der Waals surface area contributed by atoms with Crippen LogP contribution in [0.2, 0.25) is 0 Å². The Kier molecular flexibility index (Phi) is 9.03. The van der Waals surface area contributed by atoms with Gasteiger partial charge in [-0.2, -0.15) is 13.2 Å². The minimum atomic E-state index is -5.10. The van der Waals surface area contributed by atoms with Gasteiger partial charge >= 0.3 is 12.1 Å². The van der Waals surface area contributed by atoms with Crippen molar-refractivity contribution < 1.29 is 42.6 Å². The number of aliphatic hydroxyl groups is 1. The summed E-state index contributed by atoms with van der Waals surface area (Å²) in [5.74, 6) is -0.246. The summed E-state index contributed by atoms with van der Waals surface area (Å²) in [6.45, 7) is -0.202. The van der Waals surface area contributed by atoms with Gasteiger partial charge in [-0.1, -0.05) is 36.4 Å². The molecule has 238 valence electrons. The number of aliphatic carboxylic acids is 1. The molecule has 1 aliphatic rings. The second-order valence-electron chi connectivity index (χ2n) is 11.1. The van der Waals surface area contributed by atoms with Crippen molar-refractivity contribution in [2.24, 2.45) is 0 Å². The summed E-state index contributed by atoms with van der Waals surface area (Å²) in [5.41, 5.74) is -2.48. The number of piperidine rings is 1. The monoisotopic (exact) mass is 627 g/mol. The van der Waals surface area contributed by atoms with E-state index in [1.165, 1.54) is 30.3 Å². The van der Waals surface area contributed by atoms with Gasteiger partial charge in [0.2, 0.25) is 5.60 Å². The largest absolute Gasteiger partial charge is 0.493 e. The van der Waals surface area contributed by atoms with Gasteiger partial charge in [0, 0.05) is 61.0 Å². The Morgan fingerprint density at radius 2 is 1.73 bits per heavy atom. The van der Waals surface area contributed by atoms with Gasteiger partial charge in [0.05, 0.1) is 18.5 Å². The first-order valence-electron chi connectivity index (χ1n) is 14.3. The van der Waals surface area contributed by atoms with Crippen molar-refractivity contribution in [3.05, 3.63) is 99.7 Å². The molecule has 1 aromatic heterocycles. The van der Waals surface area contributed by atoms with Crippen molar-refractivity contribution >= 4 is 22.6 Å². The lowest BCUT2D eigenvalue weighted by molar-refractivity contribution is -0.384. The van der Waals surface area contributed by atoms with Gasteiger partial charge < -0.3 is 24.3 Å². The van der Waals surface area contributed by atoms with Crippen molar-refractivity contribution in [1.29, 1.82) is 0 Å². The van der Waals surface area contributed by atoms with E-state index < -0.39 is 34.8 Å². The molecule has 5 rings (SSSR count). The molecule has 13 heteroatoms. The van der Waals surface area contributed by atoms with E-state index in [1.807, 2.05) is 18.2 Å². The average molecular weight is 628 g/mol. The lowest BCUT2D eigenvalue weighted by Gasteiger charge is -2.39. The highest BCUT2D eigenvalue weighted by Gasteiger charge is 2.57. The number of carbonyl (C=O) groups is 1. The molecule has 0 amide bonds. The van der Waals surface area contributed by atoms with Crippen LogP contribution in [-0.4, -0.2) is 69.6 Å². The fraction of sp³-hybridized carbons (Fsp3) is 0.344. The Balaban J connectivity index is 1.39. The Labute approximate surface area is 256 Å². The molecule has 0 saturated carbocycles. The second kappa shape index (κ2) is 12.8. The molecule has 2 heterocycles. The lowest BCUT2D eigenvalue weighted by atomic mass is 9.91. The van der Waals surface area contributed by atoms with Crippen LogP contribution in [0.15, 0.2) is 72.9 Å². The molecule has 0 spiro atoms. The third-order valence-corrected chi connectivity index (χ3v) is 8.05. The van der Waals surface area contributed by atoms with Gasteiger partial charge in [-0.05, 0) is 42.2 Å². The number of ether oxygens (including phenoxy) is 2. The van der Waals surface area contributed by atoms with Crippen LogP contribution in [0.3, 0.4) is 0 Å². The molecule has 3 aromatic carbocycles. The Hall–Kier alpha value is -4.62. The number of hydrogen-bond donors (Lipinski definition) is 2. The predicted octanol–water partition coefficient (Wildman–Crippen LogP) is 5.53. The number of β-amino-alcohol motifs (C(OH)–C–C–N with tert-alkyl or cyclic N) is 1. The summed E-state index contributed by atoms with van der Waals surface area (Å²) in [6, 6.07) is 17.6. The number of halogens is 3. The average Bonchev–Trinajstić information content (AvgIpc) is 3.36. The third kappa shape index (κ3) is 6.89. The fourth-order valence-corrected chi connectivity index (χ4v) is 5.75. The molecule has 1 fully saturated rings. The molecule has 0 bridgehead atoms. The minimum absolute atomic E-state index is 0.0448. The van der Waals surface area contributed by atoms with E-state index in [-0.39, 0.29) is 43.2 Å². The lowest BCUT2D eigenvalue weighted by Crippen LogP contribution is -2.53.